The number of para-hydroxylation sites is 2. The number of carbonyl (C=O) groups is 1. The lowest BCUT2D eigenvalue weighted by molar-refractivity contribution is -0.121. The van der Waals surface area contributed by atoms with E-state index in [4.69, 9.17) is 0 Å². The fourth-order valence-electron chi connectivity index (χ4n) is 2.09. The summed E-state index contributed by atoms with van der Waals surface area (Å²) < 4.78 is 1.95. The maximum Gasteiger partial charge on any atom is 0.240 e. The highest BCUT2D eigenvalue weighted by atomic mass is 35.5. The second-order valence-corrected chi connectivity index (χ2v) is 4.54. The summed E-state index contributed by atoms with van der Waals surface area (Å²) in [7, 11) is 1.91. The Kier molecular flexibility index (Phi) is 9.01. The van der Waals surface area contributed by atoms with Crippen molar-refractivity contribution >= 4 is 41.8 Å². The summed E-state index contributed by atoms with van der Waals surface area (Å²) in [5.41, 5.74) is 1.94. The van der Waals surface area contributed by atoms with Crippen LogP contribution in [0.3, 0.4) is 0 Å². The number of carbonyl (C=O) groups excluding carboxylic acids is 1. The van der Waals surface area contributed by atoms with Crippen LogP contribution in [0.4, 0.5) is 0 Å². The number of aromatic nitrogens is 2. The average Bonchev–Trinajstić information content (AvgIpc) is 2.72. The van der Waals surface area contributed by atoms with E-state index in [9.17, 15) is 4.79 Å². The first-order valence-corrected chi connectivity index (χ1v) is 6.55. The third kappa shape index (κ3) is 5.19. The van der Waals surface area contributed by atoms with E-state index in [1.54, 1.807) is 0 Å². The van der Waals surface area contributed by atoms with Gasteiger partial charge in [0.05, 0.1) is 11.0 Å². The second kappa shape index (κ2) is 9.60. The van der Waals surface area contributed by atoms with Gasteiger partial charge >= 0.3 is 0 Å². The Morgan fingerprint density at radius 1 is 1.24 bits per heavy atom. The van der Waals surface area contributed by atoms with Crippen LogP contribution >= 0.6 is 24.8 Å². The van der Waals surface area contributed by atoms with Crippen molar-refractivity contribution in [2.24, 2.45) is 0 Å². The molecule has 2 rings (SSSR count). The minimum absolute atomic E-state index is 0. The first kappa shape index (κ1) is 19.7. The predicted octanol–water partition coefficient (Wildman–Crippen LogP) is 1.91. The molecule has 2 N–H and O–H groups in total. The quantitative estimate of drug-likeness (QED) is 0.794. The van der Waals surface area contributed by atoms with Crippen LogP contribution < -0.4 is 10.6 Å². The molecule has 0 saturated heterocycles. The zero-order valence-electron chi connectivity index (χ0n) is 12.3. The molecule has 118 valence electrons. The monoisotopic (exact) mass is 332 g/mol. The smallest absolute Gasteiger partial charge is 0.240 e. The van der Waals surface area contributed by atoms with Crippen LogP contribution in [0.25, 0.3) is 11.0 Å². The van der Waals surface area contributed by atoms with Crippen LogP contribution in [0, 0.1) is 6.92 Å². The van der Waals surface area contributed by atoms with E-state index in [1.165, 1.54) is 0 Å². The molecule has 0 aliphatic heterocycles. The van der Waals surface area contributed by atoms with Gasteiger partial charge in [0.25, 0.3) is 0 Å². The van der Waals surface area contributed by atoms with E-state index >= 15 is 0 Å². The second-order valence-electron chi connectivity index (χ2n) is 4.54. The Balaban J connectivity index is 0.00000200. The van der Waals surface area contributed by atoms with Crippen molar-refractivity contribution in [1.29, 1.82) is 0 Å². The summed E-state index contributed by atoms with van der Waals surface area (Å²) in [6.07, 6.45) is 0.936. The molecular weight excluding hydrogens is 311 g/mol. The molecule has 0 spiro atoms. The Morgan fingerprint density at radius 3 is 2.67 bits per heavy atom. The molecule has 0 fully saturated rings. The van der Waals surface area contributed by atoms with Crippen molar-refractivity contribution in [3.05, 3.63) is 30.1 Å². The summed E-state index contributed by atoms with van der Waals surface area (Å²) in [6.45, 7) is 3.86. The summed E-state index contributed by atoms with van der Waals surface area (Å²) in [5, 5.41) is 5.97. The Labute approximate surface area is 137 Å². The van der Waals surface area contributed by atoms with Gasteiger partial charge in [-0.05, 0) is 39.1 Å². The first-order valence-electron chi connectivity index (χ1n) is 6.55. The number of halogens is 2. The van der Waals surface area contributed by atoms with Gasteiger partial charge in [-0.15, -0.1) is 24.8 Å². The number of amides is 1. The number of nitrogens with one attached hydrogen (secondary N) is 2. The lowest BCUT2D eigenvalue weighted by Gasteiger charge is -2.08. The highest BCUT2D eigenvalue weighted by Crippen LogP contribution is 2.14. The zero-order chi connectivity index (χ0) is 13.7. The molecule has 2 aromatic rings. The largest absolute Gasteiger partial charge is 0.355 e. The van der Waals surface area contributed by atoms with Crippen LogP contribution in [0.15, 0.2) is 24.3 Å². The Hall–Kier alpha value is -1.30. The van der Waals surface area contributed by atoms with Crippen molar-refractivity contribution in [2.45, 2.75) is 19.9 Å². The highest BCUT2D eigenvalue weighted by molar-refractivity contribution is 5.85. The van der Waals surface area contributed by atoms with E-state index in [1.807, 2.05) is 42.8 Å². The molecule has 0 atom stereocenters. The summed E-state index contributed by atoms with van der Waals surface area (Å²) in [4.78, 5) is 16.3. The summed E-state index contributed by atoms with van der Waals surface area (Å²) in [6, 6.07) is 7.87. The molecule has 1 aromatic heterocycles. The molecular formula is C14H22Cl2N4O. The number of imidazole rings is 1. The normalized spacial score (nSPS) is 9.81. The average molecular weight is 333 g/mol. The van der Waals surface area contributed by atoms with Gasteiger partial charge in [-0.3, -0.25) is 4.79 Å². The third-order valence-corrected chi connectivity index (χ3v) is 3.07. The van der Waals surface area contributed by atoms with Gasteiger partial charge in [-0.2, -0.15) is 0 Å². The Bertz CT molecular complexity index is 571. The standard InChI is InChI=1S/C14H20N4O.2ClH/c1-11-17-12-6-3-4-7-13(12)18(11)10-14(19)16-9-5-8-15-2;;/h3-4,6-7,15H,5,8-10H2,1-2H3,(H,16,19);2*1H. The van der Waals surface area contributed by atoms with Gasteiger partial charge < -0.3 is 15.2 Å². The maximum absolute atomic E-state index is 11.9. The highest BCUT2D eigenvalue weighted by Gasteiger charge is 2.09. The predicted molar refractivity (Wildman–Crippen MR) is 90.5 cm³/mol. The topological polar surface area (TPSA) is 58.9 Å². The molecule has 0 radical (unpaired) electrons. The van der Waals surface area contributed by atoms with Gasteiger partial charge in [0, 0.05) is 6.54 Å². The van der Waals surface area contributed by atoms with Crippen molar-refractivity contribution < 1.29 is 4.79 Å². The van der Waals surface area contributed by atoms with E-state index in [-0.39, 0.29) is 30.7 Å². The van der Waals surface area contributed by atoms with Gasteiger partial charge in [0.1, 0.15) is 12.4 Å². The first-order chi connectivity index (χ1) is 9.22. The van der Waals surface area contributed by atoms with E-state index < -0.39 is 0 Å². The van der Waals surface area contributed by atoms with Crippen LogP contribution in [0.1, 0.15) is 12.2 Å². The van der Waals surface area contributed by atoms with Crippen molar-refractivity contribution in [2.75, 3.05) is 20.1 Å². The van der Waals surface area contributed by atoms with E-state index in [0.29, 0.717) is 13.1 Å². The third-order valence-electron chi connectivity index (χ3n) is 3.07. The minimum atomic E-state index is 0. The molecule has 0 aliphatic rings. The molecule has 0 unspecified atom stereocenters. The molecule has 1 heterocycles. The summed E-state index contributed by atoms with van der Waals surface area (Å²) >= 11 is 0. The molecule has 0 saturated carbocycles. The van der Waals surface area contributed by atoms with Crippen LogP contribution in [-0.4, -0.2) is 35.6 Å². The minimum Gasteiger partial charge on any atom is -0.355 e. The number of fused-ring (bicyclic) bond motifs is 1. The molecule has 5 nitrogen and oxygen atoms in total. The lowest BCUT2D eigenvalue weighted by Crippen LogP contribution is -2.30. The molecule has 0 bridgehead atoms. The fourth-order valence-corrected chi connectivity index (χ4v) is 2.09. The molecule has 1 aromatic carbocycles. The van der Waals surface area contributed by atoms with Crippen molar-refractivity contribution in [1.82, 2.24) is 20.2 Å². The van der Waals surface area contributed by atoms with Crippen molar-refractivity contribution in [3.8, 4) is 0 Å². The number of hydrogen-bond acceptors (Lipinski definition) is 3. The van der Waals surface area contributed by atoms with E-state index in [2.05, 4.69) is 15.6 Å². The Morgan fingerprint density at radius 2 is 1.95 bits per heavy atom. The number of hydrogen-bond donors (Lipinski definition) is 2. The van der Waals surface area contributed by atoms with Gasteiger partial charge in [-0.1, -0.05) is 12.1 Å². The fraction of sp³-hybridized carbons (Fsp3) is 0.429. The molecule has 21 heavy (non-hydrogen) atoms. The van der Waals surface area contributed by atoms with Gasteiger partial charge in [0.2, 0.25) is 5.91 Å². The van der Waals surface area contributed by atoms with Gasteiger partial charge in [0.15, 0.2) is 0 Å². The summed E-state index contributed by atoms with van der Waals surface area (Å²) in [5.74, 6) is 0.897. The number of aryl methyl sites for hydroxylation is 1. The SMILES string of the molecule is CNCCCNC(=O)Cn1c(C)nc2ccccc21.Cl.Cl. The molecule has 7 heteroatoms. The van der Waals surface area contributed by atoms with E-state index in [0.717, 1.165) is 29.8 Å². The molecule has 1 amide bonds. The van der Waals surface area contributed by atoms with Crippen LogP contribution in [0.5, 0.6) is 0 Å². The molecule has 0 aliphatic carbocycles. The zero-order valence-corrected chi connectivity index (χ0v) is 13.9. The van der Waals surface area contributed by atoms with Crippen LogP contribution in [0.2, 0.25) is 0 Å². The number of benzene rings is 1. The van der Waals surface area contributed by atoms with Crippen molar-refractivity contribution in [3.63, 3.8) is 0 Å². The lowest BCUT2D eigenvalue weighted by atomic mass is 10.3. The van der Waals surface area contributed by atoms with Crippen LogP contribution in [-0.2, 0) is 11.3 Å². The number of nitrogens with zero attached hydrogens (tertiary/aromatic N) is 2. The van der Waals surface area contributed by atoms with Gasteiger partial charge in [-0.25, -0.2) is 4.98 Å². The number of rotatable bonds is 6. The maximum atomic E-state index is 11.9.